The normalized spacial score (nSPS) is 18.3. The van der Waals surface area contributed by atoms with E-state index in [9.17, 15) is 14.4 Å². The number of ether oxygens (including phenoxy) is 2. The van der Waals surface area contributed by atoms with Crippen molar-refractivity contribution in [2.75, 3.05) is 25.1 Å². The standard InChI is InChI=1S/C21H20N2O5/c24-19(13-28-15-5-2-1-3-6-15)22-14-8-9-17-18(11-14)21(26)23(20(17)25)12-16-7-4-10-27-16/h1-3,5-6,8-9,11,16H,4,7,10,12-13H2,(H,22,24)/t16-/m1/s1. The Morgan fingerprint density at radius 3 is 2.64 bits per heavy atom. The number of nitrogens with zero attached hydrogens (tertiary/aromatic N) is 1. The molecule has 1 atom stereocenters. The van der Waals surface area contributed by atoms with E-state index in [-0.39, 0.29) is 37.0 Å². The van der Waals surface area contributed by atoms with Gasteiger partial charge in [0.1, 0.15) is 5.75 Å². The third-order valence-corrected chi connectivity index (χ3v) is 4.78. The number of anilines is 1. The molecule has 0 aromatic heterocycles. The van der Waals surface area contributed by atoms with Crippen molar-refractivity contribution in [2.24, 2.45) is 0 Å². The second kappa shape index (κ2) is 7.82. The van der Waals surface area contributed by atoms with Crippen molar-refractivity contribution < 1.29 is 23.9 Å². The van der Waals surface area contributed by atoms with Gasteiger partial charge in [-0.2, -0.15) is 0 Å². The number of para-hydroxylation sites is 1. The molecule has 4 rings (SSSR count). The summed E-state index contributed by atoms with van der Waals surface area (Å²) in [4.78, 5) is 38.5. The summed E-state index contributed by atoms with van der Waals surface area (Å²) in [7, 11) is 0. The number of benzene rings is 2. The fraction of sp³-hybridized carbons (Fsp3) is 0.286. The van der Waals surface area contributed by atoms with Gasteiger partial charge in [0.05, 0.1) is 23.8 Å². The van der Waals surface area contributed by atoms with Crippen LogP contribution in [-0.4, -0.2) is 48.5 Å². The molecule has 1 N–H and O–H groups in total. The summed E-state index contributed by atoms with van der Waals surface area (Å²) in [5, 5.41) is 2.69. The number of imide groups is 1. The molecule has 2 aliphatic rings. The predicted octanol–water partition coefficient (Wildman–Crippen LogP) is 2.48. The van der Waals surface area contributed by atoms with Gasteiger partial charge in [0, 0.05) is 12.3 Å². The maximum Gasteiger partial charge on any atom is 0.262 e. The van der Waals surface area contributed by atoms with Crippen molar-refractivity contribution in [1.82, 2.24) is 4.90 Å². The lowest BCUT2D eigenvalue weighted by Gasteiger charge is -2.17. The summed E-state index contributed by atoms with van der Waals surface area (Å²) in [6.07, 6.45) is 1.68. The van der Waals surface area contributed by atoms with Crippen LogP contribution in [0.2, 0.25) is 0 Å². The zero-order chi connectivity index (χ0) is 19.5. The zero-order valence-electron chi connectivity index (χ0n) is 15.2. The largest absolute Gasteiger partial charge is 0.484 e. The van der Waals surface area contributed by atoms with Gasteiger partial charge < -0.3 is 14.8 Å². The highest BCUT2D eigenvalue weighted by atomic mass is 16.5. The Balaban J connectivity index is 1.40. The first-order valence-electron chi connectivity index (χ1n) is 9.21. The van der Waals surface area contributed by atoms with Crippen LogP contribution in [-0.2, 0) is 9.53 Å². The van der Waals surface area contributed by atoms with E-state index in [0.29, 0.717) is 29.2 Å². The van der Waals surface area contributed by atoms with Gasteiger partial charge in [-0.3, -0.25) is 19.3 Å². The summed E-state index contributed by atoms with van der Waals surface area (Å²) in [6, 6.07) is 13.7. The average molecular weight is 380 g/mol. The first kappa shape index (κ1) is 18.2. The number of rotatable bonds is 6. The number of carbonyl (C=O) groups is 3. The highest BCUT2D eigenvalue weighted by Gasteiger charge is 2.37. The van der Waals surface area contributed by atoms with E-state index in [1.165, 1.54) is 11.0 Å². The van der Waals surface area contributed by atoms with Gasteiger partial charge in [-0.05, 0) is 43.2 Å². The van der Waals surface area contributed by atoms with Crippen LogP contribution >= 0.6 is 0 Å². The molecule has 1 fully saturated rings. The minimum Gasteiger partial charge on any atom is -0.484 e. The lowest BCUT2D eigenvalue weighted by atomic mass is 10.1. The van der Waals surface area contributed by atoms with Crippen LogP contribution in [0.1, 0.15) is 33.6 Å². The fourth-order valence-electron chi connectivity index (χ4n) is 3.39. The molecule has 0 unspecified atom stereocenters. The Morgan fingerprint density at radius 1 is 1.11 bits per heavy atom. The Labute approximate surface area is 162 Å². The number of hydrogen-bond donors (Lipinski definition) is 1. The van der Waals surface area contributed by atoms with Gasteiger partial charge in [-0.1, -0.05) is 18.2 Å². The van der Waals surface area contributed by atoms with E-state index >= 15 is 0 Å². The van der Waals surface area contributed by atoms with Crippen LogP contribution < -0.4 is 10.1 Å². The summed E-state index contributed by atoms with van der Waals surface area (Å²) >= 11 is 0. The first-order valence-corrected chi connectivity index (χ1v) is 9.21. The molecular formula is C21H20N2O5. The number of carbonyl (C=O) groups excluding carboxylic acids is 3. The Kier molecular flexibility index (Phi) is 5.08. The van der Waals surface area contributed by atoms with Gasteiger partial charge in [0.15, 0.2) is 6.61 Å². The fourth-order valence-corrected chi connectivity index (χ4v) is 3.39. The topological polar surface area (TPSA) is 84.9 Å². The highest BCUT2D eigenvalue weighted by molar-refractivity contribution is 6.21. The van der Waals surface area contributed by atoms with Crippen molar-refractivity contribution in [3.63, 3.8) is 0 Å². The van der Waals surface area contributed by atoms with Gasteiger partial charge in [-0.25, -0.2) is 0 Å². The van der Waals surface area contributed by atoms with E-state index in [1.54, 1.807) is 24.3 Å². The summed E-state index contributed by atoms with van der Waals surface area (Å²) < 4.78 is 10.9. The third-order valence-electron chi connectivity index (χ3n) is 4.78. The summed E-state index contributed by atoms with van der Waals surface area (Å²) in [6.45, 7) is 0.771. The summed E-state index contributed by atoms with van der Waals surface area (Å²) in [5.41, 5.74) is 1.09. The van der Waals surface area contributed by atoms with E-state index < -0.39 is 0 Å². The number of nitrogens with one attached hydrogen (secondary N) is 1. The number of amides is 3. The molecule has 7 heteroatoms. The van der Waals surface area contributed by atoms with Crippen LogP contribution in [0.3, 0.4) is 0 Å². The molecule has 0 radical (unpaired) electrons. The van der Waals surface area contributed by atoms with E-state index in [0.717, 1.165) is 12.8 Å². The van der Waals surface area contributed by atoms with Gasteiger partial charge in [0.2, 0.25) is 0 Å². The molecule has 2 aromatic carbocycles. The second-order valence-corrected chi connectivity index (χ2v) is 6.77. The lowest BCUT2D eigenvalue weighted by Crippen LogP contribution is -2.36. The van der Waals surface area contributed by atoms with E-state index in [4.69, 9.17) is 9.47 Å². The van der Waals surface area contributed by atoms with Crippen LogP contribution in [0.4, 0.5) is 5.69 Å². The van der Waals surface area contributed by atoms with E-state index in [1.807, 2.05) is 18.2 Å². The van der Waals surface area contributed by atoms with Crippen molar-refractivity contribution >= 4 is 23.4 Å². The van der Waals surface area contributed by atoms with Crippen LogP contribution in [0.25, 0.3) is 0 Å². The average Bonchev–Trinajstić information content (AvgIpc) is 3.30. The Hall–Kier alpha value is -3.19. The molecule has 28 heavy (non-hydrogen) atoms. The van der Waals surface area contributed by atoms with E-state index in [2.05, 4.69) is 5.32 Å². The minimum absolute atomic E-state index is 0.100. The lowest BCUT2D eigenvalue weighted by molar-refractivity contribution is -0.118. The maximum absolute atomic E-state index is 12.7. The maximum atomic E-state index is 12.7. The first-order chi connectivity index (χ1) is 13.6. The Bertz CT molecular complexity index is 906. The molecule has 0 saturated carbocycles. The van der Waals surface area contributed by atoms with Gasteiger partial charge in [0.25, 0.3) is 17.7 Å². The van der Waals surface area contributed by atoms with Gasteiger partial charge >= 0.3 is 0 Å². The van der Waals surface area contributed by atoms with Crippen molar-refractivity contribution in [2.45, 2.75) is 18.9 Å². The molecule has 2 heterocycles. The monoisotopic (exact) mass is 380 g/mol. The molecule has 144 valence electrons. The molecule has 2 aromatic rings. The molecule has 1 saturated heterocycles. The Morgan fingerprint density at radius 2 is 1.89 bits per heavy atom. The number of fused-ring (bicyclic) bond motifs is 1. The smallest absolute Gasteiger partial charge is 0.262 e. The molecule has 3 amide bonds. The molecule has 0 spiro atoms. The van der Waals surface area contributed by atoms with Crippen molar-refractivity contribution in [3.8, 4) is 5.75 Å². The molecular weight excluding hydrogens is 360 g/mol. The molecule has 0 aliphatic carbocycles. The SMILES string of the molecule is O=C(COc1ccccc1)Nc1ccc2c(c1)C(=O)N(C[C@H]1CCCO1)C2=O. The second-order valence-electron chi connectivity index (χ2n) is 6.77. The van der Waals surface area contributed by atoms with Crippen LogP contribution in [0.15, 0.2) is 48.5 Å². The molecule has 2 aliphatic heterocycles. The third kappa shape index (κ3) is 3.75. The molecule has 7 nitrogen and oxygen atoms in total. The van der Waals surface area contributed by atoms with Crippen LogP contribution in [0.5, 0.6) is 5.75 Å². The quantitative estimate of drug-likeness (QED) is 0.779. The van der Waals surface area contributed by atoms with Crippen molar-refractivity contribution in [3.05, 3.63) is 59.7 Å². The van der Waals surface area contributed by atoms with Gasteiger partial charge in [-0.15, -0.1) is 0 Å². The molecule has 0 bridgehead atoms. The van der Waals surface area contributed by atoms with Crippen molar-refractivity contribution in [1.29, 1.82) is 0 Å². The summed E-state index contributed by atoms with van der Waals surface area (Å²) in [5.74, 6) is -0.429. The number of hydrogen-bond acceptors (Lipinski definition) is 5. The zero-order valence-corrected chi connectivity index (χ0v) is 15.2. The minimum atomic E-state index is -0.355. The predicted molar refractivity (Wildman–Crippen MR) is 101 cm³/mol. The highest BCUT2D eigenvalue weighted by Crippen LogP contribution is 2.27. The van der Waals surface area contributed by atoms with Crippen LogP contribution in [0, 0.1) is 0 Å².